The highest BCUT2D eigenvalue weighted by atomic mass is 16.7. The van der Waals surface area contributed by atoms with E-state index < -0.39 is 0 Å². The van der Waals surface area contributed by atoms with Gasteiger partial charge in [0.25, 0.3) is 5.91 Å². The van der Waals surface area contributed by atoms with Crippen LogP contribution in [0.5, 0.6) is 11.5 Å². The van der Waals surface area contributed by atoms with Gasteiger partial charge in [-0.25, -0.2) is 0 Å². The van der Waals surface area contributed by atoms with Gasteiger partial charge in [0.05, 0.1) is 7.11 Å². The first-order chi connectivity index (χ1) is 7.27. The van der Waals surface area contributed by atoms with Crippen molar-refractivity contribution >= 4 is 5.91 Å². The molecule has 0 saturated heterocycles. The summed E-state index contributed by atoms with van der Waals surface area (Å²) >= 11 is 0. The summed E-state index contributed by atoms with van der Waals surface area (Å²) in [7, 11) is 1.55. The predicted molar refractivity (Wildman–Crippen MR) is 56.7 cm³/mol. The minimum absolute atomic E-state index is 0.136. The maximum Gasteiger partial charge on any atom is 0.252 e. The molecule has 0 bridgehead atoms. The van der Waals surface area contributed by atoms with Gasteiger partial charge in [0.1, 0.15) is 0 Å². The molecule has 0 aliphatic carbocycles. The lowest BCUT2D eigenvalue weighted by molar-refractivity contribution is -0.127. The highest BCUT2D eigenvalue weighted by molar-refractivity contribution is 5.74. The Morgan fingerprint density at radius 3 is 2.60 bits per heavy atom. The van der Waals surface area contributed by atoms with Crippen molar-refractivity contribution in [2.75, 3.05) is 7.11 Å². The number of carbonyl (C=O) groups excluding carboxylic acids is 1. The highest BCUT2D eigenvalue weighted by Crippen LogP contribution is 2.24. The van der Waals surface area contributed by atoms with E-state index in [2.05, 4.69) is 5.48 Å². The fourth-order valence-electron chi connectivity index (χ4n) is 1.09. The van der Waals surface area contributed by atoms with Crippen LogP contribution in [0.2, 0.25) is 0 Å². The summed E-state index contributed by atoms with van der Waals surface area (Å²) in [6, 6.07) is 7.13. The summed E-state index contributed by atoms with van der Waals surface area (Å²) < 4.78 is 5.06. The van der Waals surface area contributed by atoms with Crippen LogP contribution >= 0.6 is 0 Å². The quantitative estimate of drug-likeness (QED) is 0.753. The molecular formula is C11H15NO3. The summed E-state index contributed by atoms with van der Waals surface area (Å²) in [6.45, 7) is 1.93. The van der Waals surface area contributed by atoms with E-state index >= 15 is 0 Å². The molecule has 15 heavy (non-hydrogen) atoms. The molecule has 0 atom stereocenters. The van der Waals surface area contributed by atoms with Gasteiger partial charge in [-0.2, -0.15) is 5.48 Å². The number of para-hydroxylation sites is 2. The molecule has 0 spiro atoms. The third-order valence-electron chi connectivity index (χ3n) is 1.82. The van der Waals surface area contributed by atoms with E-state index in [4.69, 9.17) is 9.57 Å². The smallest absolute Gasteiger partial charge is 0.252 e. The number of nitrogens with one attached hydrogen (secondary N) is 1. The van der Waals surface area contributed by atoms with Crippen LogP contribution in [0.15, 0.2) is 24.3 Å². The Balaban J connectivity index is 2.53. The topological polar surface area (TPSA) is 47.6 Å². The van der Waals surface area contributed by atoms with Crippen molar-refractivity contribution in [1.29, 1.82) is 0 Å². The number of amides is 1. The molecular weight excluding hydrogens is 194 g/mol. The average molecular weight is 209 g/mol. The third kappa shape index (κ3) is 3.50. The van der Waals surface area contributed by atoms with E-state index in [0.29, 0.717) is 17.9 Å². The molecule has 1 amide bonds. The normalized spacial score (nSPS) is 9.47. The molecule has 0 aliphatic heterocycles. The summed E-state index contributed by atoms with van der Waals surface area (Å²) in [5.41, 5.74) is 2.36. The summed E-state index contributed by atoms with van der Waals surface area (Å²) in [6.07, 6.45) is 1.25. The first-order valence-corrected chi connectivity index (χ1v) is 4.86. The molecule has 1 aromatic carbocycles. The van der Waals surface area contributed by atoms with Crippen LogP contribution in [0.25, 0.3) is 0 Å². The van der Waals surface area contributed by atoms with Gasteiger partial charge < -0.3 is 9.57 Å². The Bertz CT molecular complexity index is 325. The Morgan fingerprint density at radius 1 is 1.33 bits per heavy atom. The lowest BCUT2D eigenvalue weighted by atomic mass is 10.3. The second-order valence-corrected chi connectivity index (χ2v) is 3.03. The molecule has 0 fully saturated rings. The number of benzene rings is 1. The van der Waals surface area contributed by atoms with Crippen molar-refractivity contribution in [2.45, 2.75) is 19.8 Å². The molecule has 4 heteroatoms. The van der Waals surface area contributed by atoms with E-state index in [1.165, 1.54) is 0 Å². The second-order valence-electron chi connectivity index (χ2n) is 3.03. The zero-order valence-corrected chi connectivity index (χ0v) is 8.95. The largest absolute Gasteiger partial charge is 0.493 e. The van der Waals surface area contributed by atoms with Crippen molar-refractivity contribution in [3.05, 3.63) is 24.3 Å². The molecule has 82 valence electrons. The number of carbonyl (C=O) groups is 1. The van der Waals surface area contributed by atoms with E-state index in [0.717, 1.165) is 6.42 Å². The van der Waals surface area contributed by atoms with Crippen molar-refractivity contribution in [3.63, 3.8) is 0 Å². The van der Waals surface area contributed by atoms with Gasteiger partial charge in [-0.15, -0.1) is 0 Å². The molecule has 1 aromatic rings. The molecule has 0 radical (unpaired) electrons. The van der Waals surface area contributed by atoms with Crippen LogP contribution in [0.4, 0.5) is 0 Å². The zero-order chi connectivity index (χ0) is 11.1. The van der Waals surface area contributed by atoms with Gasteiger partial charge in [-0.05, 0) is 18.6 Å². The SMILES string of the molecule is CCCC(=O)NOc1ccccc1OC. The van der Waals surface area contributed by atoms with Crippen LogP contribution in [-0.4, -0.2) is 13.0 Å². The first kappa shape index (κ1) is 11.4. The average Bonchev–Trinajstić information content (AvgIpc) is 2.27. The lowest BCUT2D eigenvalue weighted by Gasteiger charge is -2.09. The van der Waals surface area contributed by atoms with Crippen LogP contribution in [0.3, 0.4) is 0 Å². The monoisotopic (exact) mass is 209 g/mol. The van der Waals surface area contributed by atoms with Crippen LogP contribution in [0, 0.1) is 0 Å². The molecule has 0 heterocycles. The first-order valence-electron chi connectivity index (χ1n) is 4.86. The van der Waals surface area contributed by atoms with E-state index in [-0.39, 0.29) is 5.91 Å². The van der Waals surface area contributed by atoms with E-state index in [9.17, 15) is 4.79 Å². The third-order valence-corrected chi connectivity index (χ3v) is 1.82. The number of hydrogen-bond acceptors (Lipinski definition) is 3. The van der Waals surface area contributed by atoms with Crippen LogP contribution in [-0.2, 0) is 4.79 Å². The molecule has 0 unspecified atom stereocenters. The summed E-state index contributed by atoms with van der Waals surface area (Å²) in [5.74, 6) is 0.960. The van der Waals surface area contributed by atoms with Gasteiger partial charge >= 0.3 is 0 Å². The molecule has 0 saturated carbocycles. The minimum atomic E-state index is -0.136. The molecule has 1 N–H and O–H groups in total. The maximum absolute atomic E-state index is 11.1. The Hall–Kier alpha value is -1.71. The van der Waals surface area contributed by atoms with Crippen LogP contribution in [0.1, 0.15) is 19.8 Å². The van der Waals surface area contributed by atoms with E-state index in [1.807, 2.05) is 19.1 Å². The fourth-order valence-corrected chi connectivity index (χ4v) is 1.09. The number of rotatable bonds is 5. The summed E-state index contributed by atoms with van der Waals surface area (Å²) in [5, 5.41) is 0. The van der Waals surface area contributed by atoms with Crippen LogP contribution < -0.4 is 15.1 Å². The molecule has 4 nitrogen and oxygen atoms in total. The van der Waals surface area contributed by atoms with Gasteiger partial charge in [0, 0.05) is 6.42 Å². The van der Waals surface area contributed by atoms with Crippen molar-refractivity contribution in [3.8, 4) is 11.5 Å². The van der Waals surface area contributed by atoms with Gasteiger partial charge in [0.2, 0.25) is 0 Å². The van der Waals surface area contributed by atoms with Gasteiger partial charge in [0.15, 0.2) is 11.5 Å². The van der Waals surface area contributed by atoms with E-state index in [1.54, 1.807) is 19.2 Å². The zero-order valence-electron chi connectivity index (χ0n) is 8.95. The molecule has 0 aromatic heterocycles. The number of hydrogen-bond donors (Lipinski definition) is 1. The second kappa shape index (κ2) is 5.90. The lowest BCUT2D eigenvalue weighted by Crippen LogP contribution is -2.26. The molecule has 1 rings (SSSR count). The summed E-state index contributed by atoms with van der Waals surface area (Å²) in [4.78, 5) is 16.3. The van der Waals surface area contributed by atoms with Crippen molar-refractivity contribution < 1.29 is 14.4 Å². The Morgan fingerprint density at radius 2 is 2.00 bits per heavy atom. The molecule has 0 aliphatic rings. The predicted octanol–water partition coefficient (Wildman–Crippen LogP) is 1.91. The number of ether oxygens (including phenoxy) is 1. The Kier molecular flexibility index (Phi) is 4.47. The Labute approximate surface area is 89.1 Å². The van der Waals surface area contributed by atoms with Crippen molar-refractivity contribution in [2.24, 2.45) is 0 Å². The number of hydroxylamine groups is 1. The maximum atomic E-state index is 11.1. The standard InChI is InChI=1S/C11H15NO3/c1-3-6-11(13)12-15-10-8-5-4-7-9(10)14-2/h4-5,7-8H,3,6H2,1-2H3,(H,12,13). The fraction of sp³-hybridized carbons (Fsp3) is 0.364. The number of methoxy groups -OCH3 is 1. The van der Waals surface area contributed by atoms with Gasteiger partial charge in [-0.3, -0.25) is 4.79 Å². The van der Waals surface area contributed by atoms with Crippen molar-refractivity contribution in [1.82, 2.24) is 5.48 Å². The minimum Gasteiger partial charge on any atom is -0.493 e. The van der Waals surface area contributed by atoms with Gasteiger partial charge in [-0.1, -0.05) is 19.1 Å². The highest BCUT2D eigenvalue weighted by Gasteiger charge is 2.04.